The maximum atomic E-state index is 11.5. The number of hydrogen-bond acceptors (Lipinski definition) is 4. The van der Waals surface area contributed by atoms with E-state index in [1.54, 1.807) is 25.4 Å². The molecule has 2 rings (SSSR count). The highest BCUT2D eigenvalue weighted by atomic mass is 16.5. The third-order valence-corrected chi connectivity index (χ3v) is 2.98. The van der Waals surface area contributed by atoms with Gasteiger partial charge in [-0.15, -0.1) is 0 Å². The van der Waals surface area contributed by atoms with Gasteiger partial charge in [-0.2, -0.15) is 0 Å². The predicted octanol–water partition coefficient (Wildman–Crippen LogP) is 2.43. The van der Waals surface area contributed by atoms with Crippen LogP contribution in [0, 0.1) is 13.8 Å². The fourth-order valence-corrected chi connectivity index (χ4v) is 1.78. The number of nitrogens with two attached hydrogens (primary N) is 1. The van der Waals surface area contributed by atoms with Gasteiger partial charge in [0.25, 0.3) is 5.91 Å². The molecule has 5 nitrogen and oxygen atoms in total. The van der Waals surface area contributed by atoms with Crippen molar-refractivity contribution in [1.29, 1.82) is 0 Å². The predicted molar refractivity (Wildman–Crippen MR) is 78.0 cm³/mol. The highest BCUT2D eigenvalue weighted by Gasteiger charge is 2.09. The number of ether oxygens (including phenoxy) is 1. The largest absolute Gasteiger partial charge is 0.457 e. The second kappa shape index (κ2) is 5.61. The average Bonchev–Trinajstić information content (AvgIpc) is 2.44. The van der Waals surface area contributed by atoms with Crippen LogP contribution in [-0.2, 0) is 0 Å². The zero-order chi connectivity index (χ0) is 14.7. The molecule has 2 aromatic rings. The van der Waals surface area contributed by atoms with Crippen LogP contribution >= 0.6 is 0 Å². The van der Waals surface area contributed by atoms with E-state index >= 15 is 0 Å². The molecule has 0 aliphatic rings. The number of carbonyl (C=O) groups excluding carboxylic acids is 1. The van der Waals surface area contributed by atoms with Crippen molar-refractivity contribution in [2.24, 2.45) is 0 Å². The molecule has 1 aromatic carbocycles. The van der Waals surface area contributed by atoms with E-state index in [4.69, 9.17) is 10.5 Å². The molecular weight excluding hydrogens is 254 g/mol. The highest BCUT2D eigenvalue weighted by molar-refractivity contribution is 5.92. The van der Waals surface area contributed by atoms with E-state index < -0.39 is 0 Å². The van der Waals surface area contributed by atoms with Crippen LogP contribution in [0.5, 0.6) is 11.5 Å². The minimum atomic E-state index is -0.249. The molecule has 0 saturated heterocycles. The van der Waals surface area contributed by atoms with Crippen LogP contribution in [0.1, 0.15) is 21.6 Å². The number of anilines is 1. The summed E-state index contributed by atoms with van der Waals surface area (Å²) >= 11 is 0. The molecular formula is C15H17N3O2. The minimum absolute atomic E-state index is 0.249. The van der Waals surface area contributed by atoms with Crippen molar-refractivity contribution >= 4 is 11.6 Å². The van der Waals surface area contributed by atoms with Gasteiger partial charge in [0.2, 0.25) is 0 Å². The SMILES string of the molecule is CNC(=O)c1cc(Oc2cc(C)c(N)cc2C)ccn1. The number of carbonyl (C=O) groups is 1. The zero-order valence-corrected chi connectivity index (χ0v) is 11.7. The first kappa shape index (κ1) is 13.9. The van der Waals surface area contributed by atoms with E-state index in [0.717, 1.165) is 16.8 Å². The Balaban J connectivity index is 2.31. The number of hydrogen-bond donors (Lipinski definition) is 2. The van der Waals surface area contributed by atoms with Gasteiger partial charge in [0.05, 0.1) is 0 Å². The van der Waals surface area contributed by atoms with Crippen molar-refractivity contribution in [3.63, 3.8) is 0 Å². The summed E-state index contributed by atoms with van der Waals surface area (Å²) in [6, 6.07) is 7.05. The molecule has 1 aromatic heterocycles. The maximum Gasteiger partial charge on any atom is 0.269 e. The van der Waals surface area contributed by atoms with E-state index in [9.17, 15) is 4.79 Å². The monoisotopic (exact) mass is 271 g/mol. The number of aryl methyl sites for hydroxylation is 2. The Hall–Kier alpha value is -2.56. The molecule has 5 heteroatoms. The fraction of sp³-hybridized carbons (Fsp3) is 0.200. The van der Waals surface area contributed by atoms with E-state index in [0.29, 0.717) is 17.2 Å². The molecule has 1 amide bonds. The molecule has 0 aliphatic carbocycles. The summed E-state index contributed by atoms with van der Waals surface area (Å²) in [6.45, 7) is 3.84. The summed E-state index contributed by atoms with van der Waals surface area (Å²) < 4.78 is 5.80. The van der Waals surface area contributed by atoms with E-state index in [1.807, 2.05) is 26.0 Å². The first-order chi connectivity index (χ1) is 9.51. The summed E-state index contributed by atoms with van der Waals surface area (Å²) in [5, 5.41) is 2.53. The quantitative estimate of drug-likeness (QED) is 0.840. The molecule has 104 valence electrons. The normalized spacial score (nSPS) is 10.2. The van der Waals surface area contributed by atoms with Crippen molar-refractivity contribution in [3.8, 4) is 11.5 Å². The molecule has 0 bridgehead atoms. The van der Waals surface area contributed by atoms with Gasteiger partial charge in [0.15, 0.2) is 0 Å². The number of nitrogens with one attached hydrogen (secondary N) is 1. The number of nitrogens with zero attached hydrogens (tertiary/aromatic N) is 1. The molecule has 3 N–H and O–H groups in total. The molecule has 0 spiro atoms. The molecule has 20 heavy (non-hydrogen) atoms. The Labute approximate surface area is 117 Å². The first-order valence-corrected chi connectivity index (χ1v) is 6.24. The average molecular weight is 271 g/mol. The lowest BCUT2D eigenvalue weighted by Gasteiger charge is -2.11. The lowest BCUT2D eigenvalue weighted by Crippen LogP contribution is -2.18. The van der Waals surface area contributed by atoms with E-state index in [-0.39, 0.29) is 5.91 Å². The van der Waals surface area contributed by atoms with Crippen LogP contribution in [-0.4, -0.2) is 17.9 Å². The van der Waals surface area contributed by atoms with E-state index in [2.05, 4.69) is 10.3 Å². The summed E-state index contributed by atoms with van der Waals surface area (Å²) in [4.78, 5) is 15.5. The zero-order valence-electron chi connectivity index (χ0n) is 11.7. The second-order valence-electron chi connectivity index (χ2n) is 4.53. The Morgan fingerprint density at radius 2 is 2.00 bits per heavy atom. The standard InChI is InChI=1S/C15H17N3O2/c1-9-7-14(10(2)6-12(9)16)20-11-4-5-18-13(8-11)15(19)17-3/h4-8H,16H2,1-3H3,(H,17,19). The molecule has 0 aliphatic heterocycles. The van der Waals surface area contributed by atoms with Gasteiger partial charge in [-0.1, -0.05) is 0 Å². The highest BCUT2D eigenvalue weighted by Crippen LogP contribution is 2.28. The summed E-state index contributed by atoms with van der Waals surface area (Å²) in [5.74, 6) is 1.03. The van der Waals surface area contributed by atoms with Gasteiger partial charge in [-0.3, -0.25) is 9.78 Å². The Kier molecular flexibility index (Phi) is 3.89. The lowest BCUT2D eigenvalue weighted by atomic mass is 10.1. The molecule has 0 unspecified atom stereocenters. The second-order valence-corrected chi connectivity index (χ2v) is 4.53. The van der Waals surface area contributed by atoms with Gasteiger partial charge < -0.3 is 15.8 Å². The van der Waals surface area contributed by atoms with Gasteiger partial charge in [0.1, 0.15) is 17.2 Å². The third kappa shape index (κ3) is 2.88. The van der Waals surface area contributed by atoms with Gasteiger partial charge in [-0.25, -0.2) is 0 Å². The Morgan fingerprint density at radius 3 is 2.70 bits per heavy atom. The number of amides is 1. The van der Waals surface area contributed by atoms with Gasteiger partial charge in [0, 0.05) is 25.0 Å². The van der Waals surface area contributed by atoms with Crippen LogP contribution in [0.15, 0.2) is 30.5 Å². The van der Waals surface area contributed by atoms with Crippen LogP contribution in [0.2, 0.25) is 0 Å². The topological polar surface area (TPSA) is 77.2 Å². The third-order valence-electron chi connectivity index (χ3n) is 2.98. The fourth-order valence-electron chi connectivity index (χ4n) is 1.78. The Morgan fingerprint density at radius 1 is 1.25 bits per heavy atom. The molecule has 0 saturated carbocycles. The van der Waals surface area contributed by atoms with Crippen molar-refractivity contribution in [3.05, 3.63) is 47.3 Å². The number of benzene rings is 1. The minimum Gasteiger partial charge on any atom is -0.457 e. The van der Waals surface area contributed by atoms with E-state index in [1.165, 1.54) is 0 Å². The van der Waals surface area contributed by atoms with Crippen molar-refractivity contribution in [1.82, 2.24) is 10.3 Å². The van der Waals surface area contributed by atoms with Crippen molar-refractivity contribution < 1.29 is 9.53 Å². The van der Waals surface area contributed by atoms with Crippen molar-refractivity contribution in [2.45, 2.75) is 13.8 Å². The first-order valence-electron chi connectivity index (χ1n) is 6.24. The molecule has 1 heterocycles. The number of aromatic nitrogens is 1. The Bertz CT molecular complexity index is 654. The number of nitrogen functional groups attached to an aromatic ring is 1. The van der Waals surface area contributed by atoms with Gasteiger partial charge in [-0.05, 0) is 43.2 Å². The van der Waals surface area contributed by atoms with Crippen molar-refractivity contribution in [2.75, 3.05) is 12.8 Å². The molecule has 0 atom stereocenters. The molecule has 0 fully saturated rings. The van der Waals surface area contributed by atoms with Crippen LogP contribution in [0.4, 0.5) is 5.69 Å². The summed E-state index contributed by atoms with van der Waals surface area (Å²) in [5.41, 5.74) is 8.78. The lowest BCUT2D eigenvalue weighted by molar-refractivity contribution is 0.0958. The smallest absolute Gasteiger partial charge is 0.269 e. The maximum absolute atomic E-state index is 11.5. The summed E-state index contributed by atoms with van der Waals surface area (Å²) in [7, 11) is 1.56. The van der Waals surface area contributed by atoms with Gasteiger partial charge >= 0.3 is 0 Å². The van der Waals surface area contributed by atoms with Crippen LogP contribution in [0.3, 0.4) is 0 Å². The summed E-state index contributed by atoms with van der Waals surface area (Å²) in [6.07, 6.45) is 1.54. The van der Waals surface area contributed by atoms with Crippen LogP contribution in [0.25, 0.3) is 0 Å². The molecule has 0 radical (unpaired) electrons. The number of pyridine rings is 1. The van der Waals surface area contributed by atoms with Crippen LogP contribution < -0.4 is 15.8 Å². The number of rotatable bonds is 3.